The molecule has 0 spiro atoms. The summed E-state index contributed by atoms with van der Waals surface area (Å²) < 4.78 is 12.9. The van der Waals surface area contributed by atoms with Crippen molar-refractivity contribution in [3.05, 3.63) is 68.4 Å². The first-order valence-electron chi connectivity index (χ1n) is 6.15. The van der Waals surface area contributed by atoms with Crippen LogP contribution in [0.3, 0.4) is 0 Å². The van der Waals surface area contributed by atoms with Crippen LogP contribution in [0.5, 0.6) is 0 Å². The fraction of sp³-hybridized carbons (Fsp3) is 0.200. The largest absolute Gasteiger partial charge is 0.312 e. The summed E-state index contributed by atoms with van der Waals surface area (Å²) in [5.74, 6) is -0.327. The van der Waals surface area contributed by atoms with Crippen LogP contribution < -0.4 is 5.32 Å². The Morgan fingerprint density at radius 2 is 1.60 bits per heavy atom. The number of nitrogens with one attached hydrogen (secondary N) is 1. The molecule has 1 N–H and O–H groups in total. The van der Waals surface area contributed by atoms with E-state index in [-0.39, 0.29) is 5.82 Å². The molecule has 2 aromatic carbocycles. The summed E-state index contributed by atoms with van der Waals surface area (Å²) in [6.45, 7) is 1.33. The van der Waals surface area contributed by atoms with E-state index in [1.54, 1.807) is 12.1 Å². The number of benzene rings is 2. The fourth-order valence-electron chi connectivity index (χ4n) is 1.84. The van der Waals surface area contributed by atoms with Crippen LogP contribution in [-0.4, -0.2) is 6.54 Å². The summed E-state index contributed by atoms with van der Waals surface area (Å²) in [6.07, 6.45) is 0.787. The Morgan fingerprint density at radius 1 is 0.900 bits per heavy atom. The highest BCUT2D eigenvalue weighted by atomic mass is 35.5. The molecule has 1 nitrogen and oxygen atoms in total. The van der Waals surface area contributed by atoms with Crippen molar-refractivity contribution < 1.29 is 4.39 Å². The van der Waals surface area contributed by atoms with Gasteiger partial charge in [0.25, 0.3) is 0 Å². The predicted molar refractivity (Wildman–Crippen MR) is 83.3 cm³/mol. The van der Waals surface area contributed by atoms with Crippen LogP contribution in [0.1, 0.15) is 11.1 Å². The van der Waals surface area contributed by atoms with Crippen LogP contribution in [0.2, 0.25) is 15.1 Å². The van der Waals surface area contributed by atoms with Gasteiger partial charge in [-0.2, -0.15) is 0 Å². The second-order valence-electron chi connectivity index (χ2n) is 4.40. The molecule has 0 heterocycles. The molecule has 0 fully saturated rings. The van der Waals surface area contributed by atoms with Crippen LogP contribution in [0.4, 0.5) is 4.39 Å². The molecule has 0 amide bonds. The summed E-state index contributed by atoms with van der Waals surface area (Å²) in [7, 11) is 0. The van der Waals surface area contributed by atoms with Gasteiger partial charge in [-0.25, -0.2) is 4.39 Å². The van der Waals surface area contributed by atoms with Gasteiger partial charge in [-0.15, -0.1) is 0 Å². The molecule has 0 aliphatic heterocycles. The average molecular weight is 333 g/mol. The predicted octanol–water partition coefficient (Wildman–Crippen LogP) is 5.12. The Labute approximate surface area is 132 Å². The highest BCUT2D eigenvalue weighted by molar-refractivity contribution is 6.35. The standard InChI is InChI=1S/C15H13Cl3FN/c16-12-3-1-10(14(17)7-12)5-6-20-9-11-2-4-13(19)8-15(11)18/h1-4,7-8,20H,5-6,9H2. The maximum absolute atomic E-state index is 12.9. The molecule has 5 heteroatoms. The summed E-state index contributed by atoms with van der Waals surface area (Å²) in [5.41, 5.74) is 1.91. The summed E-state index contributed by atoms with van der Waals surface area (Å²) >= 11 is 17.9. The minimum atomic E-state index is -0.327. The quantitative estimate of drug-likeness (QED) is 0.750. The Balaban J connectivity index is 1.84. The van der Waals surface area contributed by atoms with Crippen molar-refractivity contribution in [1.29, 1.82) is 0 Å². The van der Waals surface area contributed by atoms with E-state index in [1.165, 1.54) is 12.1 Å². The Bertz CT molecular complexity index is 548. The van der Waals surface area contributed by atoms with Gasteiger partial charge in [-0.3, -0.25) is 0 Å². The molecule has 0 unspecified atom stereocenters. The van der Waals surface area contributed by atoms with Crippen molar-refractivity contribution in [3.8, 4) is 0 Å². The number of hydrogen-bond acceptors (Lipinski definition) is 1. The molecule has 0 aliphatic carbocycles. The first kappa shape index (κ1) is 15.6. The minimum absolute atomic E-state index is 0.327. The van der Waals surface area contributed by atoms with Crippen LogP contribution >= 0.6 is 34.8 Å². The number of rotatable bonds is 5. The van der Waals surface area contributed by atoms with Crippen LogP contribution in [0.25, 0.3) is 0 Å². The molecule has 0 saturated heterocycles. The van der Waals surface area contributed by atoms with E-state index >= 15 is 0 Å². The maximum atomic E-state index is 12.9. The van der Waals surface area contributed by atoms with E-state index < -0.39 is 0 Å². The Hall–Kier alpha value is -0.800. The van der Waals surface area contributed by atoms with Gasteiger partial charge in [-0.1, -0.05) is 46.9 Å². The zero-order valence-corrected chi connectivity index (χ0v) is 12.9. The lowest BCUT2D eigenvalue weighted by atomic mass is 10.1. The van der Waals surface area contributed by atoms with Crippen molar-refractivity contribution in [2.24, 2.45) is 0 Å². The van der Waals surface area contributed by atoms with E-state index in [9.17, 15) is 4.39 Å². The summed E-state index contributed by atoms with van der Waals surface area (Å²) in [5, 5.41) is 4.98. The second-order valence-corrected chi connectivity index (χ2v) is 5.65. The molecular weight excluding hydrogens is 320 g/mol. The topological polar surface area (TPSA) is 12.0 Å². The Kier molecular flexibility index (Phi) is 5.67. The molecule has 20 heavy (non-hydrogen) atoms. The van der Waals surface area contributed by atoms with Crippen molar-refractivity contribution in [1.82, 2.24) is 5.32 Å². The molecule has 0 atom stereocenters. The Morgan fingerprint density at radius 3 is 2.30 bits per heavy atom. The van der Waals surface area contributed by atoms with E-state index in [1.807, 2.05) is 12.1 Å². The van der Waals surface area contributed by atoms with E-state index in [4.69, 9.17) is 34.8 Å². The second kappa shape index (κ2) is 7.28. The molecule has 0 aliphatic rings. The lowest BCUT2D eigenvalue weighted by molar-refractivity contribution is 0.625. The van der Waals surface area contributed by atoms with Crippen molar-refractivity contribution >= 4 is 34.8 Å². The van der Waals surface area contributed by atoms with Gasteiger partial charge in [-0.05, 0) is 48.4 Å². The molecule has 2 aromatic rings. The van der Waals surface area contributed by atoms with Gasteiger partial charge in [0.15, 0.2) is 0 Å². The molecule has 0 bridgehead atoms. The van der Waals surface area contributed by atoms with Gasteiger partial charge in [0.05, 0.1) is 0 Å². The lowest BCUT2D eigenvalue weighted by Crippen LogP contribution is -2.17. The molecule has 0 radical (unpaired) electrons. The van der Waals surface area contributed by atoms with Gasteiger partial charge in [0.2, 0.25) is 0 Å². The molecule has 0 aromatic heterocycles. The van der Waals surface area contributed by atoms with Gasteiger partial charge in [0.1, 0.15) is 5.82 Å². The highest BCUT2D eigenvalue weighted by Crippen LogP contribution is 2.21. The molecule has 0 saturated carbocycles. The lowest BCUT2D eigenvalue weighted by Gasteiger charge is -2.08. The van der Waals surface area contributed by atoms with Crippen LogP contribution in [-0.2, 0) is 13.0 Å². The molecular formula is C15H13Cl3FN. The first-order chi connectivity index (χ1) is 9.56. The van der Waals surface area contributed by atoms with E-state index in [0.717, 1.165) is 24.1 Å². The molecule has 2 rings (SSSR count). The summed E-state index contributed by atoms with van der Waals surface area (Å²) in [6, 6.07) is 9.86. The third kappa shape index (κ3) is 4.35. The smallest absolute Gasteiger partial charge is 0.124 e. The van der Waals surface area contributed by atoms with E-state index in [2.05, 4.69) is 5.32 Å². The van der Waals surface area contributed by atoms with Gasteiger partial charge >= 0.3 is 0 Å². The number of halogens is 4. The third-order valence-corrected chi connectivity index (χ3v) is 3.86. The summed E-state index contributed by atoms with van der Waals surface area (Å²) in [4.78, 5) is 0. The molecule has 106 valence electrons. The van der Waals surface area contributed by atoms with Crippen molar-refractivity contribution in [3.63, 3.8) is 0 Å². The first-order valence-corrected chi connectivity index (χ1v) is 7.28. The minimum Gasteiger partial charge on any atom is -0.312 e. The average Bonchev–Trinajstić information content (AvgIpc) is 2.39. The van der Waals surface area contributed by atoms with Gasteiger partial charge < -0.3 is 5.32 Å². The van der Waals surface area contributed by atoms with Gasteiger partial charge in [0, 0.05) is 21.6 Å². The highest BCUT2D eigenvalue weighted by Gasteiger charge is 2.03. The normalized spacial score (nSPS) is 10.8. The fourth-order valence-corrected chi connectivity index (χ4v) is 2.57. The zero-order chi connectivity index (χ0) is 14.5. The maximum Gasteiger partial charge on any atom is 0.124 e. The van der Waals surface area contributed by atoms with E-state index in [0.29, 0.717) is 21.6 Å². The third-order valence-electron chi connectivity index (χ3n) is 2.92. The van der Waals surface area contributed by atoms with Crippen LogP contribution in [0.15, 0.2) is 36.4 Å². The zero-order valence-electron chi connectivity index (χ0n) is 10.6. The monoisotopic (exact) mass is 331 g/mol. The number of hydrogen-bond donors (Lipinski definition) is 1. The van der Waals surface area contributed by atoms with Crippen molar-refractivity contribution in [2.45, 2.75) is 13.0 Å². The van der Waals surface area contributed by atoms with Crippen LogP contribution in [0, 0.1) is 5.82 Å². The SMILES string of the molecule is Fc1ccc(CNCCc2ccc(Cl)cc2Cl)c(Cl)c1. The van der Waals surface area contributed by atoms with Crippen molar-refractivity contribution in [2.75, 3.05) is 6.54 Å².